The van der Waals surface area contributed by atoms with Gasteiger partial charge in [0, 0.05) is 12.0 Å². The van der Waals surface area contributed by atoms with E-state index in [0.717, 1.165) is 38.1 Å². The summed E-state index contributed by atoms with van der Waals surface area (Å²) in [5.41, 5.74) is 5.35. The Morgan fingerprint density at radius 3 is 2.33 bits per heavy atom. The molecule has 2 aliphatic rings. The summed E-state index contributed by atoms with van der Waals surface area (Å²) in [6, 6.07) is 0.611. The maximum atomic E-state index is 11.1. The van der Waals surface area contributed by atoms with Gasteiger partial charge in [0.05, 0.1) is 0 Å². The van der Waals surface area contributed by atoms with Crippen LogP contribution in [0.5, 0.6) is 0 Å². The first-order chi connectivity index (χ1) is 8.65. The van der Waals surface area contributed by atoms with E-state index in [9.17, 15) is 4.79 Å². The van der Waals surface area contributed by atoms with Crippen molar-refractivity contribution in [2.45, 2.75) is 44.6 Å². The molecule has 0 bridgehead atoms. The first-order valence-electron chi connectivity index (χ1n) is 7.36. The number of hydrogen-bond acceptors (Lipinski definition) is 3. The standard InChI is InChI=1S/C14H27N3O/c1-17-8-6-11(7-9-17)10-16-13-4-2-12(3-5-13)14(15)18/h11-13,16H,2-10H2,1H3,(H2,15,18). The summed E-state index contributed by atoms with van der Waals surface area (Å²) < 4.78 is 0. The summed E-state index contributed by atoms with van der Waals surface area (Å²) in [5.74, 6) is 0.866. The molecular weight excluding hydrogens is 226 g/mol. The molecule has 0 spiro atoms. The molecule has 18 heavy (non-hydrogen) atoms. The topological polar surface area (TPSA) is 58.4 Å². The molecule has 1 saturated heterocycles. The third-order valence-corrected chi connectivity index (χ3v) is 4.66. The zero-order valence-electron chi connectivity index (χ0n) is 11.5. The van der Waals surface area contributed by atoms with E-state index in [1.54, 1.807) is 0 Å². The van der Waals surface area contributed by atoms with Crippen LogP contribution in [0.1, 0.15) is 38.5 Å². The van der Waals surface area contributed by atoms with Gasteiger partial charge < -0.3 is 16.0 Å². The number of primary amides is 1. The van der Waals surface area contributed by atoms with Crippen LogP contribution < -0.4 is 11.1 Å². The minimum absolute atomic E-state index is 0.108. The fourth-order valence-electron chi connectivity index (χ4n) is 3.18. The van der Waals surface area contributed by atoms with Crippen molar-refractivity contribution in [1.29, 1.82) is 0 Å². The normalized spacial score (nSPS) is 31.4. The van der Waals surface area contributed by atoms with E-state index in [1.807, 2.05) is 0 Å². The Bertz CT molecular complexity index is 266. The van der Waals surface area contributed by atoms with Crippen molar-refractivity contribution in [3.8, 4) is 0 Å². The SMILES string of the molecule is CN1CCC(CNC2CCC(C(N)=O)CC2)CC1. The zero-order chi connectivity index (χ0) is 13.0. The van der Waals surface area contributed by atoms with Gasteiger partial charge in [-0.2, -0.15) is 0 Å². The van der Waals surface area contributed by atoms with Crippen molar-refractivity contribution in [1.82, 2.24) is 10.2 Å². The number of rotatable bonds is 4. The molecule has 3 N–H and O–H groups in total. The van der Waals surface area contributed by atoms with Gasteiger partial charge >= 0.3 is 0 Å². The molecule has 1 saturated carbocycles. The number of carbonyl (C=O) groups excluding carboxylic acids is 1. The predicted octanol–water partition coefficient (Wildman–Crippen LogP) is 0.962. The Labute approximate surface area is 110 Å². The second-order valence-corrected chi connectivity index (χ2v) is 6.11. The Kier molecular flexibility index (Phi) is 5.01. The lowest BCUT2D eigenvalue weighted by atomic mass is 9.85. The molecule has 104 valence electrons. The lowest BCUT2D eigenvalue weighted by molar-refractivity contribution is -0.122. The summed E-state index contributed by atoms with van der Waals surface area (Å²) in [5, 5.41) is 3.69. The van der Waals surface area contributed by atoms with E-state index in [0.29, 0.717) is 6.04 Å². The summed E-state index contributed by atoms with van der Waals surface area (Å²) in [4.78, 5) is 13.5. The van der Waals surface area contributed by atoms with Gasteiger partial charge in [-0.3, -0.25) is 4.79 Å². The van der Waals surface area contributed by atoms with E-state index in [1.165, 1.54) is 25.9 Å². The molecule has 0 aromatic carbocycles. The number of nitrogens with one attached hydrogen (secondary N) is 1. The predicted molar refractivity (Wildman–Crippen MR) is 73.2 cm³/mol. The van der Waals surface area contributed by atoms with Gasteiger partial charge in [0.25, 0.3) is 0 Å². The highest BCUT2D eigenvalue weighted by Gasteiger charge is 2.25. The van der Waals surface area contributed by atoms with Gasteiger partial charge in [0.1, 0.15) is 0 Å². The third kappa shape index (κ3) is 3.95. The van der Waals surface area contributed by atoms with Crippen LogP contribution in [-0.2, 0) is 4.79 Å². The van der Waals surface area contributed by atoms with Gasteiger partial charge in [-0.25, -0.2) is 0 Å². The van der Waals surface area contributed by atoms with Crippen LogP contribution in [0.3, 0.4) is 0 Å². The summed E-state index contributed by atoms with van der Waals surface area (Å²) >= 11 is 0. The maximum absolute atomic E-state index is 11.1. The van der Waals surface area contributed by atoms with Crippen molar-refractivity contribution < 1.29 is 4.79 Å². The summed E-state index contributed by atoms with van der Waals surface area (Å²) in [6.07, 6.45) is 6.81. The lowest BCUT2D eigenvalue weighted by Crippen LogP contribution is -2.41. The highest BCUT2D eigenvalue weighted by Crippen LogP contribution is 2.24. The van der Waals surface area contributed by atoms with E-state index < -0.39 is 0 Å². The molecule has 4 heteroatoms. The quantitative estimate of drug-likeness (QED) is 0.784. The Balaban J connectivity index is 1.62. The van der Waals surface area contributed by atoms with Crippen molar-refractivity contribution >= 4 is 5.91 Å². The molecular formula is C14H27N3O. The van der Waals surface area contributed by atoms with E-state index >= 15 is 0 Å². The molecule has 1 amide bonds. The summed E-state index contributed by atoms with van der Waals surface area (Å²) in [6.45, 7) is 3.63. The van der Waals surface area contributed by atoms with Crippen molar-refractivity contribution in [3.05, 3.63) is 0 Å². The van der Waals surface area contributed by atoms with Crippen LogP contribution in [-0.4, -0.2) is 43.5 Å². The molecule has 0 unspecified atom stereocenters. The highest BCUT2D eigenvalue weighted by molar-refractivity contribution is 5.76. The number of nitrogens with two attached hydrogens (primary N) is 1. The molecule has 0 atom stereocenters. The smallest absolute Gasteiger partial charge is 0.220 e. The van der Waals surface area contributed by atoms with Crippen molar-refractivity contribution in [2.24, 2.45) is 17.6 Å². The number of amides is 1. The number of nitrogens with zero attached hydrogens (tertiary/aromatic N) is 1. The molecule has 0 radical (unpaired) electrons. The monoisotopic (exact) mass is 253 g/mol. The molecule has 2 fully saturated rings. The van der Waals surface area contributed by atoms with Crippen LogP contribution in [0.25, 0.3) is 0 Å². The second-order valence-electron chi connectivity index (χ2n) is 6.11. The fraction of sp³-hybridized carbons (Fsp3) is 0.929. The fourth-order valence-corrected chi connectivity index (χ4v) is 3.18. The Morgan fingerprint density at radius 2 is 1.78 bits per heavy atom. The van der Waals surface area contributed by atoms with Crippen LogP contribution in [0, 0.1) is 11.8 Å². The summed E-state index contributed by atoms with van der Waals surface area (Å²) in [7, 11) is 2.20. The first kappa shape index (κ1) is 13.8. The van der Waals surface area contributed by atoms with Crippen molar-refractivity contribution in [2.75, 3.05) is 26.7 Å². The number of likely N-dealkylation sites (tertiary alicyclic amines) is 1. The Morgan fingerprint density at radius 1 is 1.17 bits per heavy atom. The van der Waals surface area contributed by atoms with Gasteiger partial charge in [-0.05, 0) is 71.1 Å². The van der Waals surface area contributed by atoms with Gasteiger partial charge in [-0.1, -0.05) is 0 Å². The van der Waals surface area contributed by atoms with E-state index in [-0.39, 0.29) is 11.8 Å². The molecule has 1 heterocycles. The molecule has 1 aliphatic carbocycles. The second kappa shape index (κ2) is 6.53. The number of piperidine rings is 1. The maximum Gasteiger partial charge on any atom is 0.220 e. The van der Waals surface area contributed by atoms with Crippen LogP contribution >= 0.6 is 0 Å². The Hall–Kier alpha value is -0.610. The van der Waals surface area contributed by atoms with E-state index in [4.69, 9.17) is 5.73 Å². The van der Waals surface area contributed by atoms with Crippen LogP contribution in [0.4, 0.5) is 0 Å². The third-order valence-electron chi connectivity index (χ3n) is 4.66. The molecule has 1 aliphatic heterocycles. The highest BCUT2D eigenvalue weighted by atomic mass is 16.1. The molecule has 0 aromatic heterocycles. The minimum Gasteiger partial charge on any atom is -0.369 e. The van der Waals surface area contributed by atoms with Crippen LogP contribution in [0.15, 0.2) is 0 Å². The molecule has 0 aromatic rings. The average molecular weight is 253 g/mol. The van der Waals surface area contributed by atoms with E-state index in [2.05, 4.69) is 17.3 Å². The van der Waals surface area contributed by atoms with Gasteiger partial charge in [0.15, 0.2) is 0 Å². The number of hydrogen-bond donors (Lipinski definition) is 2. The average Bonchev–Trinajstić information content (AvgIpc) is 2.38. The van der Waals surface area contributed by atoms with Gasteiger partial charge in [-0.15, -0.1) is 0 Å². The number of carbonyl (C=O) groups is 1. The lowest BCUT2D eigenvalue weighted by Gasteiger charge is -2.32. The van der Waals surface area contributed by atoms with Gasteiger partial charge in [0.2, 0.25) is 5.91 Å². The minimum atomic E-state index is -0.108. The molecule has 2 rings (SSSR count). The largest absolute Gasteiger partial charge is 0.369 e. The van der Waals surface area contributed by atoms with Crippen molar-refractivity contribution in [3.63, 3.8) is 0 Å². The first-order valence-corrected chi connectivity index (χ1v) is 7.36. The zero-order valence-corrected chi connectivity index (χ0v) is 11.5. The molecule has 4 nitrogen and oxygen atoms in total. The van der Waals surface area contributed by atoms with Crippen LogP contribution in [0.2, 0.25) is 0 Å².